The first kappa shape index (κ1) is 25.5. The van der Waals surface area contributed by atoms with Gasteiger partial charge in [-0.05, 0) is 13.1 Å². The Kier molecular flexibility index (Phi) is 18.1. The molecule has 9 N–H and O–H groups in total. The second-order valence-electron chi connectivity index (χ2n) is 1.95. The predicted octanol–water partition coefficient (Wildman–Crippen LogP) is -0.520. The van der Waals surface area contributed by atoms with Crippen LogP contribution >= 0.6 is 0 Å². The number of hydrogen-bond donors (Lipinski definition) is 5. The summed E-state index contributed by atoms with van der Waals surface area (Å²) in [5.74, 6) is 0. The second-order valence-corrected chi connectivity index (χ2v) is 3.93. The van der Waals surface area contributed by atoms with Crippen molar-refractivity contribution in [3.8, 4) is 0 Å². The molecule has 110 valence electrons. The predicted molar refractivity (Wildman–Crippen MR) is 59.5 cm³/mol. The fraction of sp³-hybridized carbons (Fsp3) is 1.00. The first-order valence-corrected chi connectivity index (χ1v) is 6.38. The molecule has 0 aromatic heterocycles. The molecule has 0 aliphatic rings. The van der Waals surface area contributed by atoms with Gasteiger partial charge < -0.3 is 17.6 Å². The summed E-state index contributed by atoms with van der Waals surface area (Å²) in [5, 5.41) is 3.11. The molecule has 0 heterocycles. The third-order valence-corrected chi connectivity index (χ3v) is 1.27. The van der Waals surface area contributed by atoms with E-state index < -0.39 is 20.8 Å². The Morgan fingerprint density at radius 3 is 1.18 bits per heavy atom. The van der Waals surface area contributed by atoms with Crippen LogP contribution in [0.5, 0.6) is 0 Å². The van der Waals surface area contributed by atoms with Gasteiger partial charge in [0.25, 0.3) is 0 Å². The van der Waals surface area contributed by atoms with Gasteiger partial charge in [-0.15, -0.1) is 0 Å². The molecule has 0 saturated heterocycles. The normalized spacial score (nSPS) is 10.4. The minimum absolute atomic E-state index is 0. The molecule has 0 atom stereocenters. The molecule has 0 aliphatic carbocycles. The Bertz CT molecular complexity index is 304. The SMILES string of the molecule is CCNCC.N.N.O=S(=O)(O)OOS(=O)(=O)O. The molecule has 17 heavy (non-hydrogen) atoms. The first-order valence-electron chi connectivity index (χ1n) is 3.65. The molecule has 0 aromatic carbocycles. The maximum absolute atomic E-state index is 9.51. The monoisotopic (exact) mass is 301 g/mol. The fourth-order valence-corrected chi connectivity index (χ4v) is 0.882. The summed E-state index contributed by atoms with van der Waals surface area (Å²) in [7, 11) is -10.0. The maximum atomic E-state index is 9.51. The minimum Gasteiger partial charge on any atom is -0.344 e. The average Bonchev–Trinajstić information content (AvgIpc) is 2.01. The van der Waals surface area contributed by atoms with Crippen LogP contribution in [0.2, 0.25) is 0 Å². The average molecular weight is 301 g/mol. The van der Waals surface area contributed by atoms with E-state index in [0.717, 1.165) is 13.1 Å². The van der Waals surface area contributed by atoms with Crippen LogP contribution in [0.3, 0.4) is 0 Å². The van der Waals surface area contributed by atoms with Gasteiger partial charge in [0.05, 0.1) is 0 Å². The zero-order chi connectivity index (χ0) is 12.5. The Morgan fingerprint density at radius 2 is 1.12 bits per heavy atom. The van der Waals surface area contributed by atoms with E-state index in [1.807, 2.05) is 0 Å². The standard InChI is InChI=1S/C4H11N.2H3N.H2O8S2/c1-3-5-4-2;;;1-9(2,3)7-8-10(4,5)6/h5H,3-4H2,1-2H3;2*1H3;(H,1,2,3)(H,4,5,6). The van der Waals surface area contributed by atoms with E-state index in [9.17, 15) is 16.8 Å². The quantitative estimate of drug-likeness (QED) is 0.247. The highest BCUT2D eigenvalue weighted by Crippen LogP contribution is 1.92. The number of rotatable bonds is 5. The molecule has 0 bridgehead atoms. The second kappa shape index (κ2) is 12.1. The van der Waals surface area contributed by atoms with Crippen molar-refractivity contribution in [2.75, 3.05) is 13.1 Å². The van der Waals surface area contributed by atoms with Crippen LogP contribution in [0.4, 0.5) is 0 Å². The lowest BCUT2D eigenvalue weighted by Gasteiger charge is -1.92. The van der Waals surface area contributed by atoms with E-state index in [1.165, 1.54) is 0 Å². The van der Waals surface area contributed by atoms with Crippen molar-refractivity contribution in [2.45, 2.75) is 13.8 Å². The highest BCUT2D eigenvalue weighted by Gasteiger charge is 2.13. The lowest BCUT2D eigenvalue weighted by molar-refractivity contribution is -0.105. The summed E-state index contributed by atoms with van der Waals surface area (Å²) in [4.78, 5) is 0. The molecule has 0 spiro atoms. The van der Waals surface area contributed by atoms with E-state index in [4.69, 9.17) is 9.11 Å². The molecule has 13 heteroatoms. The van der Waals surface area contributed by atoms with Gasteiger partial charge in [-0.25, -0.2) is 0 Å². The Morgan fingerprint density at radius 1 is 0.882 bits per heavy atom. The van der Waals surface area contributed by atoms with Crippen LogP contribution in [0.25, 0.3) is 0 Å². The third kappa shape index (κ3) is 39.0. The fourth-order valence-electron chi connectivity index (χ4n) is 0.320. The van der Waals surface area contributed by atoms with Gasteiger partial charge in [0.1, 0.15) is 0 Å². The van der Waals surface area contributed by atoms with Gasteiger partial charge in [0, 0.05) is 0 Å². The van der Waals surface area contributed by atoms with Crippen LogP contribution in [-0.2, 0) is 29.5 Å². The van der Waals surface area contributed by atoms with E-state index in [1.54, 1.807) is 0 Å². The van der Waals surface area contributed by atoms with E-state index in [-0.39, 0.29) is 12.3 Å². The minimum atomic E-state index is -5.02. The molecular weight excluding hydrogens is 282 g/mol. The smallest absolute Gasteiger partial charge is 0.344 e. The molecule has 0 radical (unpaired) electrons. The van der Waals surface area contributed by atoms with Crippen LogP contribution in [0, 0.1) is 0 Å². The lowest BCUT2D eigenvalue weighted by Crippen LogP contribution is -2.10. The molecule has 0 unspecified atom stereocenters. The summed E-state index contributed by atoms with van der Waals surface area (Å²) in [6, 6.07) is 0. The summed E-state index contributed by atoms with van der Waals surface area (Å²) in [5.41, 5.74) is 0. The van der Waals surface area contributed by atoms with Crippen LogP contribution in [-0.4, -0.2) is 39.0 Å². The summed E-state index contributed by atoms with van der Waals surface area (Å²) >= 11 is 0. The molecule has 0 saturated carbocycles. The summed E-state index contributed by atoms with van der Waals surface area (Å²) in [6.07, 6.45) is 0. The lowest BCUT2D eigenvalue weighted by atomic mass is 10.7. The zero-order valence-corrected chi connectivity index (χ0v) is 11.1. The molecule has 0 amide bonds. The van der Waals surface area contributed by atoms with Crippen molar-refractivity contribution in [3.63, 3.8) is 0 Å². The van der Waals surface area contributed by atoms with Crippen LogP contribution < -0.4 is 17.6 Å². The number of nitrogens with one attached hydrogen (secondary N) is 1. The molecule has 0 rings (SSSR count). The topological polar surface area (TPSA) is 209 Å². The van der Waals surface area contributed by atoms with Crippen molar-refractivity contribution < 1.29 is 34.6 Å². The van der Waals surface area contributed by atoms with Gasteiger partial charge in [0.2, 0.25) is 0 Å². The van der Waals surface area contributed by atoms with Gasteiger partial charge in [-0.3, -0.25) is 9.11 Å². The maximum Gasteiger partial charge on any atom is 0.425 e. The highest BCUT2D eigenvalue weighted by molar-refractivity contribution is 7.83. The van der Waals surface area contributed by atoms with Gasteiger partial charge >= 0.3 is 20.8 Å². The largest absolute Gasteiger partial charge is 0.425 e. The first-order chi connectivity index (χ1) is 6.62. The Labute approximate surface area is 100 Å². The molecule has 0 aliphatic heterocycles. The van der Waals surface area contributed by atoms with Crippen molar-refractivity contribution in [2.24, 2.45) is 0 Å². The van der Waals surface area contributed by atoms with Crippen LogP contribution in [0.1, 0.15) is 13.8 Å². The highest BCUT2D eigenvalue weighted by atomic mass is 32.3. The van der Waals surface area contributed by atoms with E-state index in [0.29, 0.717) is 0 Å². The van der Waals surface area contributed by atoms with Gasteiger partial charge in [0.15, 0.2) is 0 Å². The van der Waals surface area contributed by atoms with E-state index in [2.05, 4.69) is 27.8 Å². The molecule has 11 nitrogen and oxygen atoms in total. The van der Waals surface area contributed by atoms with Crippen molar-refractivity contribution in [1.29, 1.82) is 0 Å². The van der Waals surface area contributed by atoms with Crippen molar-refractivity contribution in [1.82, 2.24) is 17.6 Å². The summed E-state index contributed by atoms with van der Waals surface area (Å²) < 4.78 is 58.9. The molecular formula is C4H19N3O8S2. The van der Waals surface area contributed by atoms with Gasteiger partial charge in [-0.1, -0.05) is 22.5 Å². The zero-order valence-electron chi connectivity index (χ0n) is 9.49. The van der Waals surface area contributed by atoms with Crippen molar-refractivity contribution >= 4 is 20.8 Å². The van der Waals surface area contributed by atoms with E-state index >= 15 is 0 Å². The number of hydrogen-bond acceptors (Lipinski definition) is 9. The molecule has 0 aromatic rings. The van der Waals surface area contributed by atoms with Crippen LogP contribution in [0.15, 0.2) is 0 Å². The Hall–Kier alpha value is -0.380. The third-order valence-electron chi connectivity index (χ3n) is 0.700. The molecule has 0 fully saturated rings. The van der Waals surface area contributed by atoms with Crippen molar-refractivity contribution in [3.05, 3.63) is 0 Å². The summed E-state index contributed by atoms with van der Waals surface area (Å²) in [6.45, 7) is 6.39. The van der Waals surface area contributed by atoms with Gasteiger partial charge in [-0.2, -0.15) is 16.8 Å². The Balaban J connectivity index is -0.000000105.